The number of nitrogens with zero attached hydrogens (tertiary/aromatic N) is 4. The molecule has 5 rings (SSSR count). The Bertz CT molecular complexity index is 1570. The van der Waals surface area contributed by atoms with Crippen molar-refractivity contribution in [3.63, 3.8) is 0 Å². The van der Waals surface area contributed by atoms with Crippen molar-refractivity contribution in [2.45, 2.75) is 36.7 Å². The number of fused-ring (bicyclic) bond motifs is 1. The summed E-state index contributed by atoms with van der Waals surface area (Å²) in [4.78, 5) is 8.49. The molecule has 8 nitrogen and oxygen atoms in total. The van der Waals surface area contributed by atoms with Crippen LogP contribution in [0, 0.1) is 5.82 Å². The molecule has 0 spiro atoms. The zero-order chi connectivity index (χ0) is 25.0. The van der Waals surface area contributed by atoms with Crippen LogP contribution in [-0.4, -0.2) is 58.2 Å². The average molecular weight is 517 g/mol. The van der Waals surface area contributed by atoms with Gasteiger partial charge in [0, 0.05) is 42.6 Å². The Kier molecular flexibility index (Phi) is 5.69. The Morgan fingerprint density at radius 2 is 1.71 bits per heavy atom. The fourth-order valence-corrected chi connectivity index (χ4v) is 9.52. The molecule has 0 bridgehead atoms. The third-order valence-corrected chi connectivity index (χ3v) is 11.6. The van der Waals surface area contributed by atoms with Gasteiger partial charge in [-0.2, -0.15) is 0 Å². The standard InChI is InChI=1S/C24H25FN4O4S2/c1-17-16-24(2,35(32,33)29-14-9-18-7-5-8-20(25)22(18)29)21(34(30,31)28-12-3-4-13-28)15-19(17)23-26-10-6-11-27-23/h5-11,14-16,21H,3-4,12-13H2,1-2H3. The molecule has 1 aliphatic carbocycles. The number of para-hydroxylation sites is 1. The fourth-order valence-electron chi connectivity index (χ4n) is 4.97. The zero-order valence-electron chi connectivity index (χ0n) is 19.3. The highest BCUT2D eigenvalue weighted by Crippen LogP contribution is 2.42. The van der Waals surface area contributed by atoms with Crippen LogP contribution in [0.3, 0.4) is 0 Å². The molecule has 1 saturated heterocycles. The van der Waals surface area contributed by atoms with E-state index in [0.29, 0.717) is 48.3 Å². The predicted octanol–water partition coefficient (Wildman–Crippen LogP) is 3.34. The molecule has 1 aromatic carbocycles. The van der Waals surface area contributed by atoms with Gasteiger partial charge < -0.3 is 0 Å². The van der Waals surface area contributed by atoms with Gasteiger partial charge in [-0.3, -0.25) is 0 Å². The zero-order valence-corrected chi connectivity index (χ0v) is 20.9. The summed E-state index contributed by atoms with van der Waals surface area (Å²) in [5, 5.41) is -1.06. The van der Waals surface area contributed by atoms with E-state index in [2.05, 4.69) is 9.97 Å². The molecule has 35 heavy (non-hydrogen) atoms. The van der Waals surface area contributed by atoms with Crippen molar-refractivity contribution < 1.29 is 21.2 Å². The second kappa shape index (κ2) is 8.35. The Labute approximate surface area is 203 Å². The van der Waals surface area contributed by atoms with Crippen LogP contribution in [0.1, 0.15) is 32.5 Å². The lowest BCUT2D eigenvalue weighted by Crippen LogP contribution is -2.55. The van der Waals surface area contributed by atoms with Crippen molar-refractivity contribution in [2.75, 3.05) is 13.1 Å². The highest BCUT2D eigenvalue weighted by Gasteiger charge is 2.54. The van der Waals surface area contributed by atoms with E-state index in [1.807, 2.05) is 0 Å². The lowest BCUT2D eigenvalue weighted by molar-refractivity contribution is 0.460. The molecule has 1 fully saturated rings. The maximum absolute atomic E-state index is 14.8. The maximum Gasteiger partial charge on any atom is 0.249 e. The minimum atomic E-state index is -4.46. The summed E-state index contributed by atoms with van der Waals surface area (Å²) in [5.41, 5.74) is 0.861. The minimum absolute atomic E-state index is 0.113. The normalized spacial score (nSPS) is 23.9. The van der Waals surface area contributed by atoms with E-state index in [1.54, 1.807) is 31.5 Å². The summed E-state index contributed by atoms with van der Waals surface area (Å²) in [5.74, 6) is -0.399. The quantitative estimate of drug-likeness (QED) is 0.515. The first-order chi connectivity index (χ1) is 16.6. The van der Waals surface area contributed by atoms with Crippen molar-refractivity contribution in [2.24, 2.45) is 0 Å². The number of benzene rings is 1. The molecule has 3 aromatic rings. The molecule has 2 aromatic heterocycles. The SMILES string of the molecule is CC1=CC(C)(S(=O)(=O)n2ccc3cccc(F)c32)C(S(=O)(=O)N2CCCC2)C=C1c1ncccn1. The lowest BCUT2D eigenvalue weighted by Gasteiger charge is -2.38. The molecule has 0 N–H and O–H groups in total. The number of aromatic nitrogens is 3. The van der Waals surface area contributed by atoms with E-state index in [0.717, 1.165) is 3.97 Å². The van der Waals surface area contributed by atoms with E-state index in [9.17, 15) is 21.2 Å². The molecular weight excluding hydrogens is 491 g/mol. The van der Waals surface area contributed by atoms with Crippen LogP contribution in [0.5, 0.6) is 0 Å². The van der Waals surface area contributed by atoms with Crippen LogP contribution in [0.25, 0.3) is 16.5 Å². The molecule has 0 saturated carbocycles. The van der Waals surface area contributed by atoms with Crippen LogP contribution >= 0.6 is 0 Å². The third kappa shape index (κ3) is 3.64. The Balaban J connectivity index is 1.75. The highest BCUT2D eigenvalue weighted by molar-refractivity contribution is 7.95. The van der Waals surface area contributed by atoms with E-state index >= 15 is 0 Å². The van der Waals surface area contributed by atoms with Gasteiger partial charge in [-0.25, -0.2) is 39.5 Å². The van der Waals surface area contributed by atoms with Crippen LogP contribution in [0.2, 0.25) is 0 Å². The summed E-state index contributed by atoms with van der Waals surface area (Å²) < 4.78 is 71.3. The largest absolute Gasteiger partial charge is 0.249 e. The van der Waals surface area contributed by atoms with E-state index in [-0.39, 0.29) is 5.52 Å². The Morgan fingerprint density at radius 1 is 1.03 bits per heavy atom. The molecular formula is C24H25FN4O4S2. The Hall–Kier alpha value is -2.89. The van der Waals surface area contributed by atoms with Gasteiger partial charge in [0.25, 0.3) is 0 Å². The monoisotopic (exact) mass is 516 g/mol. The van der Waals surface area contributed by atoms with Gasteiger partial charge in [0.15, 0.2) is 5.82 Å². The number of sulfonamides is 1. The van der Waals surface area contributed by atoms with Crippen molar-refractivity contribution >= 4 is 36.5 Å². The number of allylic oxidation sites excluding steroid dienone is 2. The highest BCUT2D eigenvalue weighted by atomic mass is 32.2. The topological polar surface area (TPSA) is 102 Å². The average Bonchev–Trinajstić information content (AvgIpc) is 3.51. The second-order valence-corrected chi connectivity index (χ2v) is 13.3. The molecule has 2 atom stereocenters. The van der Waals surface area contributed by atoms with Gasteiger partial charge in [-0.15, -0.1) is 0 Å². The smallest absolute Gasteiger partial charge is 0.241 e. The second-order valence-electron chi connectivity index (χ2n) is 9.03. The molecule has 0 amide bonds. The fraction of sp³-hybridized carbons (Fsp3) is 0.333. The van der Waals surface area contributed by atoms with Crippen LogP contribution in [0.15, 0.2) is 66.6 Å². The molecule has 3 heterocycles. The van der Waals surface area contributed by atoms with Crippen LogP contribution in [-0.2, 0) is 20.0 Å². The van der Waals surface area contributed by atoms with E-state index in [4.69, 9.17) is 0 Å². The predicted molar refractivity (Wildman–Crippen MR) is 132 cm³/mol. The number of hydrogen-bond donors (Lipinski definition) is 0. The third-order valence-electron chi connectivity index (χ3n) is 6.81. The van der Waals surface area contributed by atoms with Gasteiger partial charge in [-0.1, -0.05) is 24.3 Å². The van der Waals surface area contributed by atoms with Crippen LogP contribution in [0.4, 0.5) is 4.39 Å². The minimum Gasteiger partial charge on any atom is -0.241 e. The van der Waals surface area contributed by atoms with Gasteiger partial charge in [0.1, 0.15) is 15.8 Å². The first-order valence-electron chi connectivity index (χ1n) is 11.3. The molecule has 0 radical (unpaired) electrons. The van der Waals surface area contributed by atoms with Crippen LogP contribution < -0.4 is 0 Å². The van der Waals surface area contributed by atoms with Crippen molar-refractivity contribution in [1.29, 1.82) is 0 Å². The molecule has 184 valence electrons. The molecule has 2 unspecified atom stereocenters. The summed E-state index contributed by atoms with van der Waals surface area (Å²) >= 11 is 0. The summed E-state index contributed by atoms with van der Waals surface area (Å²) in [6, 6.07) is 7.43. The van der Waals surface area contributed by atoms with E-state index < -0.39 is 35.9 Å². The van der Waals surface area contributed by atoms with E-state index in [1.165, 1.54) is 47.8 Å². The summed E-state index contributed by atoms with van der Waals surface area (Å²) in [6.45, 7) is 3.73. The summed E-state index contributed by atoms with van der Waals surface area (Å²) in [6.07, 6.45) is 8.65. The maximum atomic E-state index is 14.8. The first kappa shape index (κ1) is 23.8. The van der Waals surface area contributed by atoms with Gasteiger partial charge in [0.05, 0.1) is 5.52 Å². The Morgan fingerprint density at radius 3 is 2.40 bits per heavy atom. The first-order valence-corrected chi connectivity index (χ1v) is 14.2. The molecule has 11 heteroatoms. The van der Waals surface area contributed by atoms with Gasteiger partial charge >= 0.3 is 0 Å². The lowest BCUT2D eigenvalue weighted by atomic mass is 9.90. The molecule has 2 aliphatic rings. The van der Waals surface area contributed by atoms with Crippen molar-refractivity contribution in [3.05, 3.63) is 78.3 Å². The number of rotatable bonds is 5. The molecule has 1 aliphatic heterocycles. The van der Waals surface area contributed by atoms with Gasteiger partial charge in [0.2, 0.25) is 20.0 Å². The number of hydrogen-bond acceptors (Lipinski definition) is 6. The number of halogens is 1. The summed E-state index contributed by atoms with van der Waals surface area (Å²) in [7, 11) is -8.56. The van der Waals surface area contributed by atoms with Crippen molar-refractivity contribution in [3.8, 4) is 0 Å². The van der Waals surface area contributed by atoms with Gasteiger partial charge in [-0.05, 0) is 50.5 Å². The van der Waals surface area contributed by atoms with Crippen molar-refractivity contribution in [1.82, 2.24) is 18.2 Å².